The topological polar surface area (TPSA) is 133 Å². The Hall–Kier alpha value is -2.19. The van der Waals surface area contributed by atoms with E-state index in [9.17, 15) is 24.5 Å². The van der Waals surface area contributed by atoms with Gasteiger partial charge in [0.05, 0.1) is 19.3 Å². The van der Waals surface area contributed by atoms with Crippen LogP contribution < -0.4 is 0 Å². The van der Waals surface area contributed by atoms with Gasteiger partial charge in [-0.1, -0.05) is 0 Å². The van der Waals surface area contributed by atoms with Gasteiger partial charge in [0.25, 0.3) is 0 Å². The van der Waals surface area contributed by atoms with Gasteiger partial charge in [-0.2, -0.15) is 0 Å². The quantitative estimate of drug-likeness (QED) is 0.342. The van der Waals surface area contributed by atoms with Crippen molar-refractivity contribution in [1.29, 1.82) is 0 Å². The molecular formula is C18H31NO8. The van der Waals surface area contributed by atoms with Crippen LogP contribution in [0.4, 0.5) is 0 Å². The molecule has 0 aromatic rings. The third-order valence-corrected chi connectivity index (χ3v) is 3.62. The smallest absolute Gasteiger partial charge is 0.306 e. The predicted molar refractivity (Wildman–Crippen MR) is 96.8 cm³/mol. The summed E-state index contributed by atoms with van der Waals surface area (Å²) in [5.41, 5.74) is -3.18. The summed E-state index contributed by atoms with van der Waals surface area (Å²) in [5, 5.41) is 20.7. The summed E-state index contributed by atoms with van der Waals surface area (Å²) >= 11 is 0. The van der Waals surface area contributed by atoms with Crippen molar-refractivity contribution in [2.24, 2.45) is 0 Å². The molecule has 0 aromatic heterocycles. The molecule has 0 unspecified atom stereocenters. The molecule has 0 amide bonds. The van der Waals surface area contributed by atoms with E-state index >= 15 is 0 Å². The molecule has 0 saturated carbocycles. The number of carbonyl (C=O) groups excluding carboxylic acids is 2. The number of hydrogen-bond donors (Lipinski definition) is 1. The largest absolute Gasteiger partial charge is 0.481 e. The van der Waals surface area contributed by atoms with Crippen molar-refractivity contribution < 1.29 is 33.9 Å². The van der Waals surface area contributed by atoms with Crippen LogP contribution in [0, 0.1) is 10.1 Å². The molecule has 0 fully saturated rings. The molecule has 0 saturated heterocycles. The first-order chi connectivity index (χ1) is 12.1. The highest BCUT2D eigenvalue weighted by Gasteiger charge is 2.44. The molecule has 0 atom stereocenters. The lowest BCUT2D eigenvalue weighted by Crippen LogP contribution is -2.41. The van der Waals surface area contributed by atoms with Gasteiger partial charge in [-0.3, -0.25) is 24.5 Å². The number of esters is 2. The number of carboxylic acids is 1. The van der Waals surface area contributed by atoms with Gasteiger partial charge in [-0.25, -0.2) is 0 Å². The molecule has 9 nitrogen and oxygen atoms in total. The first-order valence-electron chi connectivity index (χ1n) is 8.86. The molecule has 0 bridgehead atoms. The zero-order valence-corrected chi connectivity index (χ0v) is 17.0. The lowest BCUT2D eigenvalue weighted by molar-refractivity contribution is -0.573. The Kier molecular flexibility index (Phi) is 8.88. The van der Waals surface area contributed by atoms with Crippen LogP contribution in [0.15, 0.2) is 0 Å². The highest BCUT2D eigenvalue weighted by molar-refractivity contribution is 5.71. The first-order valence-corrected chi connectivity index (χ1v) is 8.86. The molecule has 0 heterocycles. The lowest BCUT2D eigenvalue weighted by Gasteiger charge is -2.26. The maximum atomic E-state index is 11.9. The van der Waals surface area contributed by atoms with Crippen molar-refractivity contribution in [3.8, 4) is 0 Å². The maximum absolute atomic E-state index is 11.9. The minimum atomic E-state index is -1.72. The number of carbonyl (C=O) groups is 3. The third kappa shape index (κ3) is 11.2. The minimum Gasteiger partial charge on any atom is -0.481 e. The molecule has 0 spiro atoms. The van der Waals surface area contributed by atoms with Crippen molar-refractivity contribution in [3.63, 3.8) is 0 Å². The third-order valence-electron chi connectivity index (χ3n) is 3.62. The Morgan fingerprint density at radius 1 is 0.815 bits per heavy atom. The minimum absolute atomic E-state index is 0.217. The van der Waals surface area contributed by atoms with Crippen molar-refractivity contribution >= 4 is 17.9 Å². The van der Waals surface area contributed by atoms with Gasteiger partial charge in [-0.05, 0) is 41.5 Å². The van der Waals surface area contributed by atoms with Crippen molar-refractivity contribution in [2.75, 3.05) is 0 Å². The zero-order chi connectivity index (χ0) is 21.5. The molecule has 0 rings (SSSR count). The van der Waals surface area contributed by atoms with Gasteiger partial charge >= 0.3 is 17.9 Å². The number of hydrogen-bond acceptors (Lipinski definition) is 7. The Morgan fingerprint density at radius 3 is 1.41 bits per heavy atom. The van der Waals surface area contributed by atoms with E-state index in [0.717, 1.165) is 0 Å². The molecule has 1 N–H and O–H groups in total. The summed E-state index contributed by atoms with van der Waals surface area (Å²) in [7, 11) is 0. The Balaban J connectivity index is 5.22. The fourth-order valence-electron chi connectivity index (χ4n) is 2.44. The van der Waals surface area contributed by atoms with E-state index in [1.807, 2.05) is 0 Å². The second-order valence-electron chi connectivity index (χ2n) is 8.55. The van der Waals surface area contributed by atoms with Gasteiger partial charge in [-0.15, -0.1) is 0 Å². The van der Waals surface area contributed by atoms with Crippen molar-refractivity contribution in [3.05, 3.63) is 10.1 Å². The van der Waals surface area contributed by atoms with E-state index in [4.69, 9.17) is 14.6 Å². The number of ether oxygens (including phenoxy) is 2. The highest BCUT2D eigenvalue weighted by Crippen LogP contribution is 2.30. The van der Waals surface area contributed by atoms with Gasteiger partial charge in [0.2, 0.25) is 5.54 Å². The van der Waals surface area contributed by atoms with Crippen LogP contribution in [0.2, 0.25) is 0 Å². The second-order valence-corrected chi connectivity index (χ2v) is 8.55. The van der Waals surface area contributed by atoms with Crippen LogP contribution >= 0.6 is 0 Å². The molecule has 156 valence electrons. The molecule has 0 aliphatic carbocycles. The normalized spacial score (nSPS) is 12.4. The van der Waals surface area contributed by atoms with Crippen molar-refractivity contribution in [2.45, 2.75) is 96.8 Å². The van der Waals surface area contributed by atoms with Crippen molar-refractivity contribution in [1.82, 2.24) is 0 Å². The average Bonchev–Trinajstić information content (AvgIpc) is 2.42. The molecule has 0 radical (unpaired) electrons. The summed E-state index contributed by atoms with van der Waals surface area (Å²) in [5.74, 6) is -2.40. The molecule has 0 aromatic carbocycles. The summed E-state index contributed by atoms with van der Waals surface area (Å²) in [6, 6.07) is 0. The van der Waals surface area contributed by atoms with Gasteiger partial charge in [0.15, 0.2) is 0 Å². The average molecular weight is 389 g/mol. The van der Waals surface area contributed by atoms with Gasteiger partial charge in [0, 0.05) is 24.2 Å². The number of nitrogens with zero attached hydrogens (tertiary/aromatic N) is 1. The Morgan fingerprint density at radius 2 is 1.15 bits per heavy atom. The molecule has 0 aliphatic heterocycles. The summed E-state index contributed by atoms with van der Waals surface area (Å²) in [4.78, 5) is 45.9. The van der Waals surface area contributed by atoms with Gasteiger partial charge < -0.3 is 14.6 Å². The zero-order valence-electron chi connectivity index (χ0n) is 17.0. The van der Waals surface area contributed by atoms with Crippen LogP contribution in [0.5, 0.6) is 0 Å². The summed E-state index contributed by atoms with van der Waals surface area (Å²) in [6.45, 7) is 10.1. The van der Waals surface area contributed by atoms with Crippen LogP contribution in [-0.2, 0) is 23.9 Å². The standard InChI is InChI=1S/C18H31NO8/c1-16(2,3)26-14(22)8-11-18(19(24)25,10-7-13(20)21)12-9-15(23)27-17(4,5)6/h7-12H2,1-6H3,(H,20,21). The highest BCUT2D eigenvalue weighted by atomic mass is 16.6. The molecular weight excluding hydrogens is 358 g/mol. The Bertz CT molecular complexity index is 525. The van der Waals surface area contributed by atoms with Crippen LogP contribution in [0.3, 0.4) is 0 Å². The SMILES string of the molecule is CC(C)(C)OC(=O)CCC(CCC(=O)O)(CCC(=O)OC(C)(C)C)[N+](=O)[O-]. The monoisotopic (exact) mass is 389 g/mol. The second kappa shape index (κ2) is 9.66. The van der Waals surface area contributed by atoms with E-state index < -0.39 is 46.0 Å². The number of nitro groups is 1. The number of aliphatic carboxylic acids is 1. The number of carboxylic acid groups (broad SMARTS) is 1. The molecule has 0 aliphatic rings. The molecule has 27 heavy (non-hydrogen) atoms. The first kappa shape index (κ1) is 24.8. The molecule has 9 heteroatoms. The van der Waals surface area contributed by atoms with Crippen LogP contribution in [0.1, 0.15) is 80.1 Å². The number of rotatable bonds is 10. The summed E-state index contributed by atoms with van der Waals surface area (Å²) in [6.07, 6.45) is -1.65. The van der Waals surface area contributed by atoms with Crippen LogP contribution in [0.25, 0.3) is 0 Å². The van der Waals surface area contributed by atoms with Gasteiger partial charge in [0.1, 0.15) is 11.2 Å². The summed E-state index contributed by atoms with van der Waals surface area (Å²) < 4.78 is 10.3. The fraction of sp³-hybridized carbons (Fsp3) is 0.833. The van der Waals surface area contributed by atoms with E-state index in [2.05, 4.69) is 0 Å². The van der Waals surface area contributed by atoms with E-state index in [0.29, 0.717) is 0 Å². The van der Waals surface area contributed by atoms with E-state index in [1.54, 1.807) is 41.5 Å². The predicted octanol–water partition coefficient (Wildman–Crippen LogP) is 3.11. The maximum Gasteiger partial charge on any atom is 0.306 e. The van der Waals surface area contributed by atoms with Crippen LogP contribution in [-0.4, -0.2) is 44.7 Å². The fourth-order valence-corrected chi connectivity index (χ4v) is 2.44. The lowest BCUT2D eigenvalue weighted by atomic mass is 9.84. The van der Waals surface area contributed by atoms with E-state index in [1.165, 1.54) is 0 Å². The van der Waals surface area contributed by atoms with E-state index in [-0.39, 0.29) is 32.1 Å². The Labute approximate surface area is 159 Å².